The Morgan fingerprint density at radius 3 is 1.59 bits per heavy atom. The van der Waals surface area contributed by atoms with Gasteiger partial charge >= 0.3 is 26.2 Å². The fourth-order valence-electron chi connectivity index (χ4n) is 4.82. The van der Waals surface area contributed by atoms with Gasteiger partial charge in [-0.3, -0.25) is 12.2 Å². The van der Waals surface area contributed by atoms with Crippen molar-refractivity contribution in [3.63, 3.8) is 0 Å². The fourth-order valence-corrected chi connectivity index (χ4v) is 4.82. The van der Waals surface area contributed by atoms with Gasteiger partial charge in [-0.05, 0) is 36.5 Å². The van der Waals surface area contributed by atoms with Gasteiger partial charge < -0.3 is 0 Å². The second-order valence-electron chi connectivity index (χ2n) is 7.48. The second kappa shape index (κ2) is 7.36. The zero-order chi connectivity index (χ0) is 17.5. The summed E-state index contributed by atoms with van der Waals surface area (Å²) < 4.78 is 0. The van der Waals surface area contributed by atoms with E-state index in [1.807, 2.05) is 0 Å². The predicted molar refractivity (Wildman–Crippen MR) is 108 cm³/mol. The Bertz CT molecular complexity index is 861. The van der Waals surface area contributed by atoms with Gasteiger partial charge in [-0.15, -0.1) is 0 Å². The van der Waals surface area contributed by atoms with Crippen molar-refractivity contribution in [3.05, 3.63) is 120 Å². The summed E-state index contributed by atoms with van der Waals surface area (Å²) in [6.45, 7) is 0. The van der Waals surface area contributed by atoms with Crippen LogP contribution < -0.4 is 0 Å². The normalized spacial score (nSPS) is 32.6. The van der Waals surface area contributed by atoms with E-state index >= 15 is 0 Å². The van der Waals surface area contributed by atoms with E-state index in [2.05, 4.69) is 97.2 Å². The minimum atomic E-state index is 0. The largest absolute Gasteiger partial charge is 2.00 e. The molecule has 6 aliphatic rings. The smallest absolute Gasteiger partial charge is 0.252 e. The third-order valence-electron chi connectivity index (χ3n) is 6.17. The molecule has 0 aromatic heterocycles. The molecule has 0 fully saturated rings. The number of allylic oxidation sites excluding steroid dienone is 20. The molecule has 27 heavy (non-hydrogen) atoms. The van der Waals surface area contributed by atoms with Gasteiger partial charge in [0.05, 0.1) is 0 Å². The van der Waals surface area contributed by atoms with Gasteiger partial charge in [-0.2, -0.15) is 11.1 Å². The zero-order valence-corrected chi connectivity index (χ0v) is 17.9. The van der Waals surface area contributed by atoms with Crippen LogP contribution in [0.15, 0.2) is 107 Å². The molecule has 0 nitrogen and oxygen atoms in total. The van der Waals surface area contributed by atoms with Crippen LogP contribution in [0.2, 0.25) is 0 Å². The van der Waals surface area contributed by atoms with E-state index in [4.69, 9.17) is 0 Å². The Morgan fingerprint density at radius 2 is 1.11 bits per heavy atom. The average molecular weight is 426 g/mol. The van der Waals surface area contributed by atoms with E-state index in [1.54, 1.807) is 0 Å². The standard InChI is InChI=1S/2C13H11.Zr/c2*1-2-9-13-10-4-8-12(13)7-3-6-11(13)5-1;/h2*1-2,4-6,9-10H,3,7H2;/q2*-1;+2. The average Bonchev–Trinajstić information content (AvgIpc) is 3.30. The van der Waals surface area contributed by atoms with Crippen LogP contribution in [0.25, 0.3) is 0 Å². The maximum absolute atomic E-state index is 3.36. The minimum Gasteiger partial charge on any atom is -0.252 e. The zero-order valence-electron chi connectivity index (χ0n) is 15.4. The molecule has 0 aromatic carbocycles. The third kappa shape index (κ3) is 2.92. The summed E-state index contributed by atoms with van der Waals surface area (Å²) in [6.07, 6.45) is 42.2. The molecule has 0 heterocycles. The molecule has 1 heteroatoms. The van der Waals surface area contributed by atoms with Crippen LogP contribution in [0, 0.1) is 23.0 Å². The first-order valence-corrected chi connectivity index (χ1v) is 9.58. The van der Waals surface area contributed by atoms with E-state index in [-0.39, 0.29) is 37.0 Å². The minimum absolute atomic E-state index is 0. The molecule has 130 valence electrons. The molecule has 2 atom stereocenters. The van der Waals surface area contributed by atoms with Crippen molar-refractivity contribution < 1.29 is 26.2 Å². The summed E-state index contributed by atoms with van der Waals surface area (Å²) >= 11 is 0. The fraction of sp³-hybridized carbons (Fsp3) is 0.231. The summed E-state index contributed by atoms with van der Waals surface area (Å²) in [4.78, 5) is 0. The first-order chi connectivity index (χ1) is 12.8. The Kier molecular flexibility index (Phi) is 5.08. The summed E-state index contributed by atoms with van der Waals surface area (Å²) in [5.74, 6) is 0. The van der Waals surface area contributed by atoms with Crippen LogP contribution in [0.4, 0.5) is 0 Å². The van der Waals surface area contributed by atoms with Crippen molar-refractivity contribution in [2.45, 2.75) is 25.7 Å². The topological polar surface area (TPSA) is 0 Å². The first kappa shape index (κ1) is 18.6. The molecule has 6 rings (SSSR count). The molecule has 0 aromatic rings. The van der Waals surface area contributed by atoms with Crippen LogP contribution in [-0.4, -0.2) is 0 Å². The molecule has 0 N–H and O–H groups in total. The van der Waals surface area contributed by atoms with E-state index in [9.17, 15) is 0 Å². The molecular weight excluding hydrogens is 404 g/mol. The van der Waals surface area contributed by atoms with Gasteiger partial charge in [-0.1, -0.05) is 71.9 Å². The van der Waals surface area contributed by atoms with Crippen LogP contribution in [0.3, 0.4) is 0 Å². The summed E-state index contributed by atoms with van der Waals surface area (Å²) in [5, 5.41) is 0. The van der Waals surface area contributed by atoms with Gasteiger partial charge in [0.1, 0.15) is 0 Å². The van der Waals surface area contributed by atoms with E-state index in [1.165, 1.54) is 35.1 Å². The number of rotatable bonds is 0. The molecular formula is C26H22Zr. The Labute approximate surface area is 181 Å². The third-order valence-corrected chi connectivity index (χ3v) is 6.17. The van der Waals surface area contributed by atoms with E-state index < -0.39 is 0 Å². The first-order valence-electron chi connectivity index (χ1n) is 9.58. The van der Waals surface area contributed by atoms with Crippen molar-refractivity contribution in [1.82, 2.24) is 0 Å². The molecule has 0 saturated carbocycles. The van der Waals surface area contributed by atoms with Gasteiger partial charge in [0.15, 0.2) is 0 Å². The van der Waals surface area contributed by atoms with Gasteiger partial charge in [0.25, 0.3) is 0 Å². The Morgan fingerprint density at radius 1 is 0.630 bits per heavy atom. The number of hydrogen-bond donors (Lipinski definition) is 0. The summed E-state index contributed by atoms with van der Waals surface area (Å²) in [5.41, 5.74) is 5.94. The summed E-state index contributed by atoms with van der Waals surface area (Å²) in [7, 11) is 0. The molecule has 0 radical (unpaired) electrons. The van der Waals surface area contributed by atoms with Crippen LogP contribution in [0.1, 0.15) is 25.7 Å². The van der Waals surface area contributed by atoms with Crippen LogP contribution in [0.5, 0.6) is 0 Å². The quantitative estimate of drug-likeness (QED) is 0.403. The molecule has 0 bridgehead atoms. The Balaban J connectivity index is 0.000000129. The van der Waals surface area contributed by atoms with Crippen molar-refractivity contribution in [3.8, 4) is 0 Å². The molecule has 0 aliphatic heterocycles. The van der Waals surface area contributed by atoms with Crippen LogP contribution in [-0.2, 0) is 26.2 Å². The molecule has 0 amide bonds. The SMILES string of the molecule is [C-]1=C2CCC=C3C=CC=CC23C=C1.[C-]1=C2CCC=C3C=CC=CC23C=C1.[Zr+2]. The van der Waals surface area contributed by atoms with Crippen molar-refractivity contribution in [2.24, 2.45) is 10.8 Å². The number of hydrogen-bond acceptors (Lipinski definition) is 0. The Hall–Kier alpha value is -1.72. The van der Waals surface area contributed by atoms with Crippen molar-refractivity contribution >= 4 is 0 Å². The maximum atomic E-state index is 3.36. The van der Waals surface area contributed by atoms with Crippen LogP contribution >= 0.6 is 0 Å². The van der Waals surface area contributed by atoms with Crippen molar-refractivity contribution in [1.29, 1.82) is 0 Å². The molecule has 2 spiro atoms. The maximum Gasteiger partial charge on any atom is 2.00 e. The van der Waals surface area contributed by atoms with Gasteiger partial charge in [0, 0.05) is 0 Å². The monoisotopic (exact) mass is 424 g/mol. The van der Waals surface area contributed by atoms with Gasteiger partial charge in [-0.25, -0.2) is 24.3 Å². The molecule has 6 aliphatic carbocycles. The molecule has 0 saturated heterocycles. The van der Waals surface area contributed by atoms with Crippen molar-refractivity contribution in [2.75, 3.05) is 0 Å². The van der Waals surface area contributed by atoms with Gasteiger partial charge in [0.2, 0.25) is 0 Å². The second-order valence-corrected chi connectivity index (χ2v) is 7.48. The van der Waals surface area contributed by atoms with E-state index in [0.717, 1.165) is 12.8 Å². The predicted octanol–water partition coefficient (Wildman–Crippen LogP) is 6.23. The summed E-state index contributed by atoms with van der Waals surface area (Å²) in [6, 6.07) is 0. The van der Waals surface area contributed by atoms with E-state index in [0.29, 0.717) is 0 Å². The molecule has 2 unspecified atom stereocenters.